The van der Waals surface area contributed by atoms with Crippen molar-refractivity contribution in [2.45, 2.75) is 25.0 Å². The number of benzene rings is 1. The summed E-state index contributed by atoms with van der Waals surface area (Å²) in [4.78, 5) is 3.11. The lowest BCUT2D eigenvalue weighted by atomic mass is 10.0. The zero-order valence-electron chi connectivity index (χ0n) is 11.5. The Balaban J connectivity index is 1.85. The molecule has 1 heterocycles. The summed E-state index contributed by atoms with van der Waals surface area (Å²) in [5.41, 5.74) is 1.04. The number of hydrogen-bond acceptors (Lipinski definition) is 1. The summed E-state index contributed by atoms with van der Waals surface area (Å²) < 4.78 is 0. The number of quaternary nitrogens is 2. The van der Waals surface area contributed by atoms with E-state index >= 15 is 0 Å². The number of piperidine rings is 1. The predicted molar refractivity (Wildman–Crippen MR) is 72.8 cm³/mol. The highest BCUT2D eigenvalue weighted by molar-refractivity contribution is 5.17. The van der Waals surface area contributed by atoms with Gasteiger partial charge in [0.2, 0.25) is 0 Å². The Morgan fingerprint density at radius 3 is 2.50 bits per heavy atom. The van der Waals surface area contributed by atoms with Gasteiger partial charge in [0.1, 0.15) is 12.6 Å². The van der Waals surface area contributed by atoms with Crippen LogP contribution in [0.2, 0.25) is 0 Å². The second-order valence-corrected chi connectivity index (χ2v) is 5.71. The summed E-state index contributed by atoms with van der Waals surface area (Å²) in [6, 6.07) is 10.7. The molecule has 0 spiro atoms. The largest absolute Gasteiger partial charge is 0.382 e. The first-order chi connectivity index (χ1) is 8.66. The monoisotopic (exact) mass is 250 g/mol. The number of likely N-dealkylation sites (tertiary alicyclic amines) is 1. The molecule has 2 atom stereocenters. The number of likely N-dealkylation sites (N-methyl/N-ethyl adjacent to an activating group) is 1. The molecular weight excluding hydrogens is 224 g/mol. The van der Waals surface area contributed by atoms with Gasteiger partial charge < -0.3 is 14.9 Å². The quantitative estimate of drug-likeness (QED) is 0.623. The maximum Gasteiger partial charge on any atom is 0.128 e. The third-order valence-corrected chi connectivity index (χ3v) is 4.24. The van der Waals surface area contributed by atoms with Gasteiger partial charge in [-0.1, -0.05) is 30.3 Å². The molecule has 1 fully saturated rings. The molecule has 2 rings (SSSR count). The van der Waals surface area contributed by atoms with E-state index in [-0.39, 0.29) is 6.10 Å². The van der Waals surface area contributed by atoms with Gasteiger partial charge in [-0.3, -0.25) is 0 Å². The van der Waals surface area contributed by atoms with Gasteiger partial charge in [-0.25, -0.2) is 0 Å². The lowest BCUT2D eigenvalue weighted by Gasteiger charge is -2.31. The molecule has 18 heavy (non-hydrogen) atoms. The highest BCUT2D eigenvalue weighted by Crippen LogP contribution is 2.09. The standard InChI is InChI=1S/C15H24N2O/c1-16-10-8-14(9-11-16)17(2)12-15(18)13-6-4-3-5-7-13/h3-7,14-15,18H,8-12H2,1-2H3/p+2/t15-/m0/s1. The fraction of sp³-hybridized carbons (Fsp3) is 0.600. The van der Waals surface area contributed by atoms with Crippen molar-refractivity contribution in [1.82, 2.24) is 0 Å². The van der Waals surface area contributed by atoms with Crippen molar-refractivity contribution in [3.8, 4) is 0 Å². The molecule has 1 aliphatic rings. The van der Waals surface area contributed by atoms with Crippen LogP contribution in [-0.4, -0.2) is 44.9 Å². The first kappa shape index (κ1) is 13.5. The minimum absolute atomic E-state index is 0.335. The molecule has 1 aliphatic heterocycles. The Hall–Kier alpha value is -0.900. The molecule has 0 radical (unpaired) electrons. The van der Waals surface area contributed by atoms with Gasteiger partial charge in [-0.05, 0) is 5.56 Å². The number of hydrogen-bond donors (Lipinski definition) is 3. The lowest BCUT2D eigenvalue weighted by molar-refractivity contribution is -0.941. The van der Waals surface area contributed by atoms with Gasteiger partial charge in [0.05, 0.1) is 33.2 Å². The number of aliphatic hydroxyl groups excluding tert-OH is 1. The maximum atomic E-state index is 10.2. The van der Waals surface area contributed by atoms with E-state index < -0.39 is 0 Å². The van der Waals surface area contributed by atoms with Crippen molar-refractivity contribution in [2.75, 3.05) is 33.7 Å². The summed E-state index contributed by atoms with van der Waals surface area (Å²) in [5.74, 6) is 0. The van der Waals surface area contributed by atoms with Crippen LogP contribution >= 0.6 is 0 Å². The maximum absolute atomic E-state index is 10.2. The topological polar surface area (TPSA) is 29.1 Å². The Labute approximate surface area is 110 Å². The van der Waals surface area contributed by atoms with E-state index in [1.165, 1.54) is 30.8 Å². The zero-order chi connectivity index (χ0) is 13.0. The van der Waals surface area contributed by atoms with E-state index in [1.807, 2.05) is 30.3 Å². The van der Waals surface area contributed by atoms with Crippen LogP contribution in [0.4, 0.5) is 0 Å². The van der Waals surface area contributed by atoms with E-state index in [0.717, 1.165) is 12.1 Å². The summed E-state index contributed by atoms with van der Waals surface area (Å²) in [6.07, 6.45) is 2.22. The SMILES string of the molecule is C[NH+]1CCC([NH+](C)C[C@H](O)c2ccccc2)CC1. The van der Waals surface area contributed by atoms with E-state index in [9.17, 15) is 5.11 Å². The summed E-state index contributed by atoms with van der Waals surface area (Å²) in [5, 5.41) is 10.2. The normalized spacial score (nSPS) is 27.7. The lowest BCUT2D eigenvalue weighted by Crippen LogP contribution is -3.18. The fourth-order valence-corrected chi connectivity index (χ4v) is 2.87. The smallest absolute Gasteiger partial charge is 0.128 e. The number of rotatable bonds is 4. The molecule has 3 N–H and O–H groups in total. The van der Waals surface area contributed by atoms with Crippen LogP contribution in [0.5, 0.6) is 0 Å². The first-order valence-electron chi connectivity index (χ1n) is 7.03. The average molecular weight is 250 g/mol. The van der Waals surface area contributed by atoms with Crippen molar-refractivity contribution in [2.24, 2.45) is 0 Å². The Kier molecular flexibility index (Phi) is 4.75. The molecule has 1 aromatic rings. The van der Waals surface area contributed by atoms with Crippen LogP contribution < -0.4 is 9.80 Å². The molecule has 0 amide bonds. The molecule has 0 saturated carbocycles. The van der Waals surface area contributed by atoms with Crippen molar-refractivity contribution in [3.63, 3.8) is 0 Å². The molecular formula is C15H26N2O+2. The van der Waals surface area contributed by atoms with E-state index in [1.54, 1.807) is 4.90 Å². The third kappa shape index (κ3) is 3.55. The molecule has 0 aromatic heterocycles. The fourth-order valence-electron chi connectivity index (χ4n) is 2.87. The second kappa shape index (κ2) is 6.32. The van der Waals surface area contributed by atoms with Crippen molar-refractivity contribution >= 4 is 0 Å². The Bertz CT molecular complexity index is 347. The second-order valence-electron chi connectivity index (χ2n) is 5.71. The van der Waals surface area contributed by atoms with Gasteiger partial charge in [-0.2, -0.15) is 0 Å². The minimum atomic E-state index is -0.335. The van der Waals surface area contributed by atoms with Crippen LogP contribution in [0.15, 0.2) is 30.3 Å². The molecule has 3 nitrogen and oxygen atoms in total. The molecule has 1 aromatic carbocycles. The van der Waals surface area contributed by atoms with E-state index in [4.69, 9.17) is 0 Å². The average Bonchev–Trinajstić information content (AvgIpc) is 2.40. The highest BCUT2D eigenvalue weighted by Gasteiger charge is 2.27. The van der Waals surface area contributed by atoms with Gasteiger partial charge in [0.25, 0.3) is 0 Å². The van der Waals surface area contributed by atoms with Gasteiger partial charge in [-0.15, -0.1) is 0 Å². The Morgan fingerprint density at radius 1 is 1.28 bits per heavy atom. The van der Waals surface area contributed by atoms with Crippen LogP contribution in [0.25, 0.3) is 0 Å². The highest BCUT2D eigenvalue weighted by atomic mass is 16.3. The third-order valence-electron chi connectivity index (χ3n) is 4.24. The van der Waals surface area contributed by atoms with Crippen molar-refractivity contribution in [3.05, 3.63) is 35.9 Å². The van der Waals surface area contributed by atoms with Crippen molar-refractivity contribution < 1.29 is 14.9 Å². The van der Waals surface area contributed by atoms with Crippen molar-refractivity contribution in [1.29, 1.82) is 0 Å². The van der Waals surface area contributed by atoms with E-state index in [0.29, 0.717) is 6.04 Å². The van der Waals surface area contributed by atoms with Gasteiger partial charge >= 0.3 is 0 Å². The zero-order valence-corrected chi connectivity index (χ0v) is 11.5. The van der Waals surface area contributed by atoms with Crippen LogP contribution in [0, 0.1) is 0 Å². The summed E-state index contributed by atoms with van der Waals surface area (Å²) in [6.45, 7) is 3.35. The van der Waals surface area contributed by atoms with E-state index in [2.05, 4.69) is 14.1 Å². The predicted octanol–water partition coefficient (Wildman–Crippen LogP) is -1.09. The Morgan fingerprint density at radius 2 is 1.89 bits per heavy atom. The summed E-state index contributed by atoms with van der Waals surface area (Å²) in [7, 11) is 4.49. The van der Waals surface area contributed by atoms with Crippen LogP contribution in [-0.2, 0) is 0 Å². The number of aliphatic hydroxyl groups is 1. The summed E-state index contributed by atoms with van der Waals surface area (Å²) >= 11 is 0. The van der Waals surface area contributed by atoms with Gasteiger partial charge in [0.15, 0.2) is 0 Å². The van der Waals surface area contributed by atoms with Gasteiger partial charge in [0, 0.05) is 12.8 Å². The first-order valence-corrected chi connectivity index (χ1v) is 7.03. The van der Waals surface area contributed by atoms with Crippen LogP contribution in [0.1, 0.15) is 24.5 Å². The minimum Gasteiger partial charge on any atom is -0.382 e. The molecule has 0 bridgehead atoms. The number of nitrogens with one attached hydrogen (secondary N) is 2. The molecule has 3 heteroatoms. The molecule has 100 valence electrons. The molecule has 0 aliphatic carbocycles. The molecule has 1 unspecified atom stereocenters. The molecule has 1 saturated heterocycles. The van der Waals surface area contributed by atoms with Crippen LogP contribution in [0.3, 0.4) is 0 Å².